The number of thiophene rings is 1. The second kappa shape index (κ2) is 8.00. The maximum absolute atomic E-state index is 11.6. The van der Waals surface area contributed by atoms with E-state index in [0.717, 1.165) is 4.88 Å². The van der Waals surface area contributed by atoms with Gasteiger partial charge in [0.25, 0.3) is 0 Å². The summed E-state index contributed by atoms with van der Waals surface area (Å²) in [6, 6.07) is 3.95. The van der Waals surface area contributed by atoms with Gasteiger partial charge >= 0.3 is 0 Å². The Hall–Kier alpha value is -1.17. The van der Waals surface area contributed by atoms with E-state index in [-0.39, 0.29) is 19.1 Å². The highest BCUT2D eigenvalue weighted by Gasteiger charge is 2.08. The lowest BCUT2D eigenvalue weighted by Crippen LogP contribution is -2.38. The summed E-state index contributed by atoms with van der Waals surface area (Å²) in [5, 5.41) is 13.7. The fraction of sp³-hybridized carbons (Fsp3) is 0.417. The van der Waals surface area contributed by atoms with Crippen molar-refractivity contribution in [3.05, 3.63) is 35.0 Å². The molecule has 0 aliphatic carbocycles. The number of hydrogen-bond donors (Lipinski definition) is 2. The number of amides is 1. The van der Waals surface area contributed by atoms with Gasteiger partial charge in [0.15, 0.2) is 0 Å². The Bertz CT molecular complexity index is 338. The molecule has 17 heavy (non-hydrogen) atoms. The van der Waals surface area contributed by atoms with Gasteiger partial charge in [0.1, 0.15) is 0 Å². The van der Waals surface area contributed by atoms with Crippen LogP contribution in [0.2, 0.25) is 0 Å². The van der Waals surface area contributed by atoms with E-state index in [1.807, 2.05) is 22.4 Å². The average Bonchev–Trinajstić information content (AvgIpc) is 2.80. The molecule has 1 rings (SSSR count). The van der Waals surface area contributed by atoms with Crippen molar-refractivity contribution < 1.29 is 9.90 Å². The zero-order valence-electron chi connectivity index (χ0n) is 9.76. The lowest BCUT2D eigenvalue weighted by atomic mass is 10.4. The van der Waals surface area contributed by atoms with E-state index in [9.17, 15) is 4.79 Å². The van der Waals surface area contributed by atoms with Crippen LogP contribution >= 0.6 is 11.3 Å². The predicted molar refractivity (Wildman–Crippen MR) is 69.9 cm³/mol. The number of rotatable bonds is 8. The smallest absolute Gasteiger partial charge is 0.234 e. The summed E-state index contributed by atoms with van der Waals surface area (Å²) in [5.41, 5.74) is 0. The van der Waals surface area contributed by atoms with Crippen molar-refractivity contribution in [1.29, 1.82) is 0 Å². The highest BCUT2D eigenvalue weighted by Crippen LogP contribution is 2.07. The second-order valence-electron chi connectivity index (χ2n) is 3.60. The van der Waals surface area contributed by atoms with Gasteiger partial charge in [-0.05, 0) is 11.4 Å². The van der Waals surface area contributed by atoms with Crippen LogP contribution in [0.3, 0.4) is 0 Å². The van der Waals surface area contributed by atoms with Crippen molar-refractivity contribution >= 4 is 17.2 Å². The standard InChI is InChI=1S/C12H18N2O2S/c1-2-5-14(6-7-15)10-12(16)13-9-11-4-3-8-17-11/h2-4,8,15H,1,5-7,9-10H2,(H,13,16). The molecule has 0 aliphatic rings. The highest BCUT2D eigenvalue weighted by atomic mass is 32.1. The number of aliphatic hydroxyl groups excluding tert-OH is 1. The van der Waals surface area contributed by atoms with Crippen molar-refractivity contribution in [3.63, 3.8) is 0 Å². The van der Waals surface area contributed by atoms with Gasteiger partial charge in [-0.25, -0.2) is 0 Å². The third-order valence-corrected chi connectivity index (χ3v) is 3.09. The molecule has 1 aromatic rings. The van der Waals surface area contributed by atoms with Crippen LogP contribution in [0.4, 0.5) is 0 Å². The molecule has 0 saturated carbocycles. The van der Waals surface area contributed by atoms with Crippen LogP contribution in [-0.2, 0) is 11.3 Å². The van der Waals surface area contributed by atoms with Crippen molar-refractivity contribution in [3.8, 4) is 0 Å². The van der Waals surface area contributed by atoms with Crippen LogP contribution in [0.15, 0.2) is 30.2 Å². The van der Waals surface area contributed by atoms with Crippen LogP contribution in [0.1, 0.15) is 4.88 Å². The molecule has 94 valence electrons. The Morgan fingerprint density at radius 1 is 1.65 bits per heavy atom. The normalized spacial score (nSPS) is 10.5. The minimum atomic E-state index is -0.0336. The molecule has 0 saturated heterocycles. The molecular formula is C12H18N2O2S. The summed E-state index contributed by atoms with van der Waals surface area (Å²) in [6.07, 6.45) is 1.72. The second-order valence-corrected chi connectivity index (χ2v) is 4.64. The Kier molecular flexibility index (Phi) is 6.54. The largest absolute Gasteiger partial charge is 0.395 e. The van der Waals surface area contributed by atoms with E-state index in [1.165, 1.54) is 0 Å². The zero-order chi connectivity index (χ0) is 12.5. The molecule has 0 aliphatic heterocycles. The fourth-order valence-electron chi connectivity index (χ4n) is 1.42. The highest BCUT2D eigenvalue weighted by molar-refractivity contribution is 7.09. The third-order valence-electron chi connectivity index (χ3n) is 2.21. The van der Waals surface area contributed by atoms with E-state index < -0.39 is 0 Å². The first-order valence-corrected chi connectivity index (χ1v) is 6.37. The van der Waals surface area contributed by atoms with Crippen LogP contribution in [0, 0.1) is 0 Å². The van der Waals surface area contributed by atoms with E-state index in [2.05, 4.69) is 11.9 Å². The minimum Gasteiger partial charge on any atom is -0.395 e. The molecule has 0 fully saturated rings. The summed E-state index contributed by atoms with van der Waals surface area (Å²) < 4.78 is 0. The van der Waals surface area contributed by atoms with E-state index in [0.29, 0.717) is 19.6 Å². The maximum Gasteiger partial charge on any atom is 0.234 e. The van der Waals surface area contributed by atoms with Crippen LogP contribution in [0.5, 0.6) is 0 Å². The molecule has 0 radical (unpaired) electrons. The van der Waals surface area contributed by atoms with E-state index >= 15 is 0 Å². The number of carbonyl (C=O) groups is 1. The van der Waals surface area contributed by atoms with Crippen LogP contribution in [-0.4, -0.2) is 42.2 Å². The number of nitrogens with one attached hydrogen (secondary N) is 1. The van der Waals surface area contributed by atoms with Crippen molar-refractivity contribution in [2.45, 2.75) is 6.54 Å². The predicted octanol–water partition coefficient (Wildman–Crippen LogP) is 0.845. The molecule has 1 aromatic heterocycles. The summed E-state index contributed by atoms with van der Waals surface area (Å²) in [6.45, 7) is 5.62. The molecule has 4 nitrogen and oxygen atoms in total. The quantitative estimate of drug-likeness (QED) is 0.676. The van der Waals surface area contributed by atoms with Crippen molar-refractivity contribution in [2.75, 3.05) is 26.2 Å². The van der Waals surface area contributed by atoms with Gasteiger partial charge in [0.2, 0.25) is 5.91 Å². The molecular weight excluding hydrogens is 236 g/mol. The molecule has 0 unspecified atom stereocenters. The SMILES string of the molecule is C=CCN(CCO)CC(=O)NCc1cccs1. The first kappa shape index (κ1) is 13.9. The van der Waals surface area contributed by atoms with Crippen molar-refractivity contribution in [1.82, 2.24) is 10.2 Å². The minimum absolute atomic E-state index is 0.0336. The van der Waals surface area contributed by atoms with Gasteiger partial charge < -0.3 is 10.4 Å². The zero-order valence-corrected chi connectivity index (χ0v) is 10.6. The third kappa shape index (κ3) is 5.63. The lowest BCUT2D eigenvalue weighted by molar-refractivity contribution is -0.122. The first-order chi connectivity index (χ1) is 8.26. The van der Waals surface area contributed by atoms with Gasteiger partial charge in [0.05, 0.1) is 19.7 Å². The van der Waals surface area contributed by atoms with E-state index in [4.69, 9.17) is 5.11 Å². The van der Waals surface area contributed by atoms with Gasteiger partial charge in [0, 0.05) is 18.0 Å². The average molecular weight is 254 g/mol. The Labute approximate surface area is 106 Å². The topological polar surface area (TPSA) is 52.6 Å². The van der Waals surface area contributed by atoms with Gasteiger partial charge in [-0.3, -0.25) is 9.69 Å². The van der Waals surface area contributed by atoms with Gasteiger partial charge in [-0.2, -0.15) is 0 Å². The Morgan fingerprint density at radius 3 is 3.06 bits per heavy atom. The first-order valence-electron chi connectivity index (χ1n) is 5.49. The summed E-state index contributed by atoms with van der Waals surface area (Å²) in [5.74, 6) is -0.0336. The molecule has 2 N–H and O–H groups in total. The lowest BCUT2D eigenvalue weighted by Gasteiger charge is -2.18. The number of nitrogens with zero attached hydrogens (tertiary/aromatic N) is 1. The van der Waals surface area contributed by atoms with Gasteiger partial charge in [-0.15, -0.1) is 17.9 Å². The number of carbonyl (C=O) groups excluding carboxylic acids is 1. The fourth-order valence-corrected chi connectivity index (χ4v) is 2.06. The molecule has 0 atom stereocenters. The molecule has 5 heteroatoms. The molecule has 1 amide bonds. The van der Waals surface area contributed by atoms with E-state index in [1.54, 1.807) is 17.4 Å². The summed E-state index contributed by atoms with van der Waals surface area (Å²) >= 11 is 1.62. The number of aliphatic hydroxyl groups is 1. The van der Waals surface area contributed by atoms with Crippen LogP contribution in [0.25, 0.3) is 0 Å². The molecule has 1 heterocycles. The van der Waals surface area contributed by atoms with Crippen LogP contribution < -0.4 is 5.32 Å². The summed E-state index contributed by atoms with van der Waals surface area (Å²) in [4.78, 5) is 14.6. The molecule has 0 aromatic carbocycles. The summed E-state index contributed by atoms with van der Waals surface area (Å²) in [7, 11) is 0. The molecule has 0 bridgehead atoms. The van der Waals surface area contributed by atoms with Crippen molar-refractivity contribution in [2.24, 2.45) is 0 Å². The Morgan fingerprint density at radius 2 is 2.47 bits per heavy atom. The molecule has 0 spiro atoms. The number of hydrogen-bond acceptors (Lipinski definition) is 4. The maximum atomic E-state index is 11.6. The van der Waals surface area contributed by atoms with Gasteiger partial charge in [-0.1, -0.05) is 12.1 Å². The Balaban J connectivity index is 2.28. The monoisotopic (exact) mass is 254 g/mol.